The molecule has 148 valence electrons. The first-order valence-electron chi connectivity index (χ1n) is 9.00. The van der Waals surface area contributed by atoms with Crippen LogP contribution in [0.25, 0.3) is 0 Å². The molecule has 8 heteroatoms. The van der Waals surface area contributed by atoms with E-state index in [4.69, 9.17) is 4.74 Å². The van der Waals surface area contributed by atoms with Crippen LogP contribution in [-0.4, -0.2) is 42.9 Å². The lowest BCUT2D eigenvalue weighted by Gasteiger charge is -2.17. The number of benzene rings is 1. The summed E-state index contributed by atoms with van der Waals surface area (Å²) in [4.78, 5) is 12.7. The summed E-state index contributed by atoms with van der Waals surface area (Å²) in [5.41, 5.74) is 1.15. The predicted octanol–water partition coefficient (Wildman–Crippen LogP) is 2.38. The highest BCUT2D eigenvalue weighted by Gasteiger charge is 2.25. The minimum Gasteiger partial charge on any atom is -0.494 e. The monoisotopic (exact) mass is 393 g/mol. The van der Waals surface area contributed by atoms with Gasteiger partial charge in [-0.1, -0.05) is 32.0 Å². The van der Waals surface area contributed by atoms with Gasteiger partial charge in [-0.05, 0) is 19.1 Å². The van der Waals surface area contributed by atoms with Crippen LogP contribution in [0.5, 0.6) is 5.75 Å². The topological polar surface area (TPSA) is 80.6 Å². The van der Waals surface area contributed by atoms with Gasteiger partial charge in [0.2, 0.25) is 10.0 Å². The van der Waals surface area contributed by atoms with Crippen molar-refractivity contribution < 1.29 is 17.9 Å². The summed E-state index contributed by atoms with van der Waals surface area (Å²) >= 11 is 0. The van der Waals surface area contributed by atoms with Crippen molar-refractivity contribution in [1.82, 2.24) is 14.2 Å². The molecule has 2 rings (SSSR count). The molecule has 0 bridgehead atoms. The molecule has 1 amide bonds. The number of para-hydroxylation sites is 1. The Labute approximate surface area is 161 Å². The number of hydrogen-bond donors (Lipinski definition) is 1. The average Bonchev–Trinajstić information content (AvgIpc) is 3.04. The van der Waals surface area contributed by atoms with E-state index >= 15 is 0 Å². The summed E-state index contributed by atoms with van der Waals surface area (Å²) in [6.07, 6.45) is 1.47. The molecule has 0 radical (unpaired) electrons. The number of nitrogens with one attached hydrogen (secondary N) is 1. The molecule has 0 unspecified atom stereocenters. The van der Waals surface area contributed by atoms with Crippen LogP contribution < -0.4 is 10.1 Å². The SMILES string of the molecule is CCOc1ccccc1CNC(=O)c1cc(S(=O)(=O)N(CC)CC)cn1C. The second-order valence-corrected chi connectivity index (χ2v) is 7.92. The number of carbonyl (C=O) groups excluding carboxylic acids is 1. The molecule has 2 aromatic rings. The van der Waals surface area contributed by atoms with Crippen LogP contribution in [0.4, 0.5) is 0 Å². The summed E-state index contributed by atoms with van der Waals surface area (Å²) in [5, 5.41) is 2.83. The van der Waals surface area contributed by atoms with Gasteiger partial charge in [0.15, 0.2) is 0 Å². The number of amides is 1. The molecule has 0 aliphatic rings. The first-order valence-corrected chi connectivity index (χ1v) is 10.4. The van der Waals surface area contributed by atoms with Crippen molar-refractivity contribution in [2.45, 2.75) is 32.2 Å². The number of ether oxygens (including phenoxy) is 1. The normalized spacial score (nSPS) is 11.6. The standard InChI is InChI=1S/C19H27N3O4S/c1-5-22(6-2)27(24,25)16-12-17(21(4)14-16)19(23)20-13-15-10-8-9-11-18(15)26-7-3/h8-12,14H,5-7,13H2,1-4H3,(H,20,23). The molecule has 1 N–H and O–H groups in total. The molecule has 0 atom stereocenters. The van der Waals surface area contributed by atoms with Crippen molar-refractivity contribution in [1.29, 1.82) is 0 Å². The lowest BCUT2D eigenvalue weighted by Crippen LogP contribution is -2.30. The summed E-state index contributed by atoms with van der Waals surface area (Å²) in [7, 11) is -1.95. The van der Waals surface area contributed by atoms with E-state index in [9.17, 15) is 13.2 Å². The Morgan fingerprint density at radius 3 is 2.48 bits per heavy atom. The fraction of sp³-hybridized carbons (Fsp3) is 0.421. The van der Waals surface area contributed by atoms with Crippen LogP contribution in [0.3, 0.4) is 0 Å². The van der Waals surface area contributed by atoms with Gasteiger partial charge in [0.05, 0.1) is 6.61 Å². The number of aromatic nitrogens is 1. The van der Waals surface area contributed by atoms with Gasteiger partial charge in [-0.3, -0.25) is 4.79 Å². The minimum atomic E-state index is -3.61. The van der Waals surface area contributed by atoms with E-state index in [1.807, 2.05) is 31.2 Å². The highest BCUT2D eigenvalue weighted by atomic mass is 32.2. The first-order chi connectivity index (χ1) is 12.8. The lowest BCUT2D eigenvalue weighted by atomic mass is 10.2. The van der Waals surface area contributed by atoms with Gasteiger partial charge in [-0.15, -0.1) is 0 Å². The van der Waals surface area contributed by atoms with Crippen LogP contribution in [0.2, 0.25) is 0 Å². The molecule has 0 spiro atoms. The Bertz CT molecular complexity index is 886. The van der Waals surface area contributed by atoms with E-state index < -0.39 is 10.0 Å². The molecule has 27 heavy (non-hydrogen) atoms. The number of hydrogen-bond acceptors (Lipinski definition) is 4. The Morgan fingerprint density at radius 1 is 1.19 bits per heavy atom. The third kappa shape index (κ3) is 4.70. The van der Waals surface area contributed by atoms with Gasteiger partial charge in [0.25, 0.3) is 5.91 Å². The largest absolute Gasteiger partial charge is 0.494 e. The molecule has 0 saturated carbocycles. The molecule has 0 aliphatic carbocycles. The maximum Gasteiger partial charge on any atom is 0.268 e. The van der Waals surface area contributed by atoms with E-state index in [1.165, 1.54) is 21.1 Å². The van der Waals surface area contributed by atoms with Crippen LogP contribution >= 0.6 is 0 Å². The number of carbonyl (C=O) groups is 1. The maximum absolute atomic E-state index is 12.6. The minimum absolute atomic E-state index is 0.119. The molecule has 0 saturated heterocycles. The maximum atomic E-state index is 12.6. The Kier molecular flexibility index (Phi) is 7.04. The fourth-order valence-corrected chi connectivity index (χ4v) is 4.36. The molecule has 1 heterocycles. The molecule has 0 aliphatic heterocycles. The van der Waals surface area contributed by atoms with E-state index in [-0.39, 0.29) is 23.0 Å². The van der Waals surface area contributed by atoms with Crippen molar-refractivity contribution in [2.75, 3.05) is 19.7 Å². The molecule has 1 aromatic carbocycles. The molecule has 0 fully saturated rings. The van der Waals surface area contributed by atoms with Gasteiger partial charge < -0.3 is 14.6 Å². The van der Waals surface area contributed by atoms with Crippen molar-refractivity contribution in [3.8, 4) is 5.75 Å². The van der Waals surface area contributed by atoms with Crippen LogP contribution in [-0.2, 0) is 23.6 Å². The highest BCUT2D eigenvalue weighted by Crippen LogP contribution is 2.20. The van der Waals surface area contributed by atoms with Crippen molar-refractivity contribution in [3.05, 3.63) is 47.8 Å². The number of aryl methyl sites for hydroxylation is 1. The van der Waals surface area contributed by atoms with Crippen molar-refractivity contribution in [3.63, 3.8) is 0 Å². The van der Waals surface area contributed by atoms with Crippen LogP contribution in [0.15, 0.2) is 41.4 Å². The highest BCUT2D eigenvalue weighted by molar-refractivity contribution is 7.89. The third-order valence-electron chi connectivity index (χ3n) is 4.27. The van der Waals surface area contributed by atoms with Gasteiger partial charge >= 0.3 is 0 Å². The first kappa shape index (κ1) is 21.0. The zero-order valence-electron chi connectivity index (χ0n) is 16.2. The van der Waals surface area contributed by atoms with Gasteiger partial charge in [0.1, 0.15) is 16.3 Å². The predicted molar refractivity (Wildman–Crippen MR) is 104 cm³/mol. The number of rotatable bonds is 9. The second-order valence-electron chi connectivity index (χ2n) is 5.98. The van der Waals surface area contributed by atoms with Gasteiger partial charge in [0, 0.05) is 38.4 Å². The van der Waals surface area contributed by atoms with E-state index in [0.29, 0.717) is 19.7 Å². The number of sulfonamides is 1. The lowest BCUT2D eigenvalue weighted by molar-refractivity contribution is 0.0942. The molecule has 7 nitrogen and oxygen atoms in total. The van der Waals surface area contributed by atoms with E-state index in [2.05, 4.69) is 5.32 Å². The van der Waals surface area contributed by atoms with E-state index in [0.717, 1.165) is 11.3 Å². The summed E-state index contributed by atoms with van der Waals surface area (Å²) in [5.74, 6) is 0.377. The fourth-order valence-electron chi connectivity index (χ4n) is 2.83. The van der Waals surface area contributed by atoms with Gasteiger partial charge in [-0.25, -0.2) is 8.42 Å². The third-order valence-corrected chi connectivity index (χ3v) is 6.28. The average molecular weight is 394 g/mol. The Balaban J connectivity index is 2.18. The zero-order valence-corrected chi connectivity index (χ0v) is 17.0. The summed E-state index contributed by atoms with van der Waals surface area (Å²) in [6.45, 7) is 7.05. The number of nitrogens with zero attached hydrogens (tertiary/aromatic N) is 2. The molecule has 1 aromatic heterocycles. The van der Waals surface area contributed by atoms with Crippen molar-refractivity contribution in [2.24, 2.45) is 7.05 Å². The van der Waals surface area contributed by atoms with Crippen LogP contribution in [0, 0.1) is 0 Å². The Morgan fingerprint density at radius 2 is 1.85 bits per heavy atom. The Hall–Kier alpha value is -2.32. The molecular formula is C19H27N3O4S. The quantitative estimate of drug-likeness (QED) is 0.709. The van der Waals surface area contributed by atoms with Crippen LogP contribution in [0.1, 0.15) is 36.8 Å². The summed E-state index contributed by atoms with van der Waals surface area (Å²) < 4.78 is 33.7. The summed E-state index contributed by atoms with van der Waals surface area (Å²) in [6, 6.07) is 8.89. The van der Waals surface area contributed by atoms with E-state index in [1.54, 1.807) is 20.9 Å². The van der Waals surface area contributed by atoms with Gasteiger partial charge in [-0.2, -0.15) is 4.31 Å². The smallest absolute Gasteiger partial charge is 0.268 e. The van der Waals surface area contributed by atoms with Crippen molar-refractivity contribution >= 4 is 15.9 Å². The zero-order chi connectivity index (χ0) is 20.0. The molecular weight excluding hydrogens is 366 g/mol. The second kappa shape index (κ2) is 9.05.